The molecule has 1 aromatic heterocycles. The lowest BCUT2D eigenvalue weighted by atomic mass is 9.97. The lowest BCUT2D eigenvalue weighted by Gasteiger charge is -2.35. The molecule has 1 aromatic carbocycles. The van der Waals surface area contributed by atoms with Crippen molar-refractivity contribution < 1.29 is 18.4 Å². The number of carbonyl (C=O) groups excluding carboxylic acids is 2. The van der Waals surface area contributed by atoms with Gasteiger partial charge in [0.2, 0.25) is 11.8 Å². The van der Waals surface area contributed by atoms with Crippen molar-refractivity contribution in [3.8, 4) is 0 Å². The van der Waals surface area contributed by atoms with E-state index in [1.165, 1.54) is 12.8 Å². The summed E-state index contributed by atoms with van der Waals surface area (Å²) in [6, 6.07) is 6.19. The van der Waals surface area contributed by atoms with Gasteiger partial charge < -0.3 is 10.6 Å². The maximum atomic E-state index is 13.4. The number of hydrogen-bond acceptors (Lipinski definition) is 4. The van der Waals surface area contributed by atoms with Gasteiger partial charge in [0, 0.05) is 18.3 Å². The van der Waals surface area contributed by atoms with Crippen LogP contribution in [-0.2, 0) is 16.0 Å². The standard InChI is InChI=1S/C26H34F2N4O2/c1-4-5-23(30-25(33)14-19-12-21(27)15-22(28)13-19)26(34)31-24-7-6-20(16-29-24)18(3)32-10-8-17(2)9-11-32/h6-7,12-13,15-18,23H,4-5,8-11,14H2,1-3H3,(H,30,33)(H,29,31,34). The first-order valence-corrected chi connectivity index (χ1v) is 12.0. The van der Waals surface area contributed by atoms with Crippen molar-refractivity contribution in [1.82, 2.24) is 15.2 Å². The molecule has 2 heterocycles. The van der Waals surface area contributed by atoms with Gasteiger partial charge in [0.25, 0.3) is 0 Å². The van der Waals surface area contributed by atoms with Gasteiger partial charge in [-0.1, -0.05) is 26.3 Å². The molecule has 2 atom stereocenters. The third-order valence-electron chi connectivity index (χ3n) is 6.40. The van der Waals surface area contributed by atoms with Gasteiger partial charge in [0.1, 0.15) is 23.5 Å². The number of piperidine rings is 1. The van der Waals surface area contributed by atoms with Crippen molar-refractivity contribution in [3.05, 3.63) is 59.3 Å². The smallest absolute Gasteiger partial charge is 0.248 e. The lowest BCUT2D eigenvalue weighted by Crippen LogP contribution is -2.44. The Kier molecular flexibility index (Phi) is 9.10. The summed E-state index contributed by atoms with van der Waals surface area (Å²) in [5.74, 6) is -1.17. The van der Waals surface area contributed by atoms with E-state index in [-0.39, 0.29) is 23.9 Å². The Hall–Kier alpha value is -2.87. The van der Waals surface area contributed by atoms with Crippen LogP contribution in [0.5, 0.6) is 0 Å². The van der Waals surface area contributed by atoms with Gasteiger partial charge in [-0.25, -0.2) is 13.8 Å². The first-order valence-electron chi connectivity index (χ1n) is 12.0. The number of rotatable bonds is 9. The van der Waals surface area contributed by atoms with Crippen LogP contribution in [0.2, 0.25) is 0 Å². The lowest BCUT2D eigenvalue weighted by molar-refractivity contribution is -0.126. The highest BCUT2D eigenvalue weighted by atomic mass is 19.1. The Bertz CT molecular complexity index is 955. The maximum absolute atomic E-state index is 13.4. The largest absolute Gasteiger partial charge is 0.344 e. The first kappa shape index (κ1) is 25.7. The number of carbonyl (C=O) groups is 2. The highest BCUT2D eigenvalue weighted by Crippen LogP contribution is 2.26. The van der Waals surface area contributed by atoms with E-state index in [1.807, 2.05) is 13.0 Å². The Labute approximate surface area is 200 Å². The van der Waals surface area contributed by atoms with E-state index in [4.69, 9.17) is 0 Å². The minimum Gasteiger partial charge on any atom is -0.344 e. The van der Waals surface area contributed by atoms with E-state index in [0.29, 0.717) is 18.7 Å². The SMILES string of the molecule is CCCC(NC(=O)Cc1cc(F)cc(F)c1)C(=O)Nc1ccc(C(C)N2CCC(C)CC2)cn1. The van der Waals surface area contributed by atoms with Crippen molar-refractivity contribution in [1.29, 1.82) is 0 Å². The third-order valence-corrected chi connectivity index (χ3v) is 6.40. The molecule has 8 heteroatoms. The number of pyridine rings is 1. The number of benzene rings is 1. The molecule has 0 radical (unpaired) electrons. The van der Waals surface area contributed by atoms with E-state index in [1.54, 1.807) is 12.3 Å². The number of amides is 2. The number of halogens is 2. The topological polar surface area (TPSA) is 74.3 Å². The Morgan fingerprint density at radius 2 is 1.82 bits per heavy atom. The summed E-state index contributed by atoms with van der Waals surface area (Å²) < 4.78 is 26.8. The normalized spacial score (nSPS) is 16.6. The quantitative estimate of drug-likeness (QED) is 0.559. The number of nitrogens with one attached hydrogen (secondary N) is 2. The van der Waals surface area contributed by atoms with E-state index in [2.05, 4.69) is 34.4 Å². The number of aromatic nitrogens is 1. The molecule has 0 saturated carbocycles. The molecule has 2 N–H and O–H groups in total. The molecular weight excluding hydrogens is 438 g/mol. The summed E-state index contributed by atoms with van der Waals surface area (Å²) in [6.07, 6.45) is 5.06. The predicted molar refractivity (Wildman–Crippen MR) is 128 cm³/mol. The van der Waals surface area contributed by atoms with Gasteiger partial charge in [-0.05, 0) is 74.5 Å². The summed E-state index contributed by atoms with van der Waals surface area (Å²) in [5.41, 5.74) is 1.30. The van der Waals surface area contributed by atoms with Gasteiger partial charge in [-0.3, -0.25) is 14.5 Å². The molecule has 2 aromatic rings. The fourth-order valence-corrected chi connectivity index (χ4v) is 4.27. The van der Waals surface area contributed by atoms with Crippen LogP contribution < -0.4 is 10.6 Å². The van der Waals surface area contributed by atoms with Crippen molar-refractivity contribution >= 4 is 17.6 Å². The summed E-state index contributed by atoms with van der Waals surface area (Å²) >= 11 is 0. The van der Waals surface area contributed by atoms with Gasteiger partial charge in [-0.2, -0.15) is 0 Å². The highest BCUT2D eigenvalue weighted by Gasteiger charge is 2.23. The number of likely N-dealkylation sites (tertiary alicyclic amines) is 1. The average Bonchev–Trinajstić information content (AvgIpc) is 2.78. The van der Waals surface area contributed by atoms with Gasteiger partial charge in [0.15, 0.2) is 0 Å². The number of hydrogen-bond donors (Lipinski definition) is 2. The molecular formula is C26H34F2N4O2. The van der Waals surface area contributed by atoms with Crippen LogP contribution in [-0.4, -0.2) is 40.8 Å². The second-order valence-electron chi connectivity index (χ2n) is 9.22. The predicted octanol–water partition coefficient (Wildman–Crippen LogP) is 4.62. The van der Waals surface area contributed by atoms with Gasteiger partial charge in [0.05, 0.1) is 6.42 Å². The van der Waals surface area contributed by atoms with E-state index in [0.717, 1.165) is 42.8 Å². The molecule has 184 valence electrons. The van der Waals surface area contributed by atoms with Gasteiger partial charge in [-0.15, -0.1) is 0 Å². The molecule has 6 nitrogen and oxygen atoms in total. The third kappa shape index (κ3) is 7.32. The molecule has 0 bridgehead atoms. The second kappa shape index (κ2) is 12.0. The first-order chi connectivity index (χ1) is 16.2. The molecule has 1 aliphatic heterocycles. The van der Waals surface area contributed by atoms with Gasteiger partial charge >= 0.3 is 0 Å². The van der Waals surface area contributed by atoms with Crippen LogP contribution in [0.4, 0.5) is 14.6 Å². The number of anilines is 1. The van der Waals surface area contributed by atoms with Crippen LogP contribution in [0, 0.1) is 17.6 Å². The Balaban J connectivity index is 1.57. The minimum atomic E-state index is -0.772. The molecule has 34 heavy (non-hydrogen) atoms. The van der Waals surface area contributed by atoms with Crippen LogP contribution in [0.15, 0.2) is 36.5 Å². The molecule has 2 unspecified atom stereocenters. The van der Waals surface area contributed by atoms with E-state index < -0.39 is 23.6 Å². The second-order valence-corrected chi connectivity index (χ2v) is 9.22. The van der Waals surface area contributed by atoms with Crippen LogP contribution >= 0.6 is 0 Å². The molecule has 1 aliphatic rings. The fourth-order valence-electron chi connectivity index (χ4n) is 4.27. The van der Waals surface area contributed by atoms with Crippen molar-refractivity contribution in [2.75, 3.05) is 18.4 Å². The van der Waals surface area contributed by atoms with Crippen LogP contribution in [0.3, 0.4) is 0 Å². The van der Waals surface area contributed by atoms with E-state index in [9.17, 15) is 18.4 Å². The van der Waals surface area contributed by atoms with Crippen LogP contribution in [0.1, 0.15) is 63.6 Å². The zero-order valence-corrected chi connectivity index (χ0v) is 20.1. The zero-order valence-electron chi connectivity index (χ0n) is 20.1. The molecule has 2 amide bonds. The fraction of sp³-hybridized carbons (Fsp3) is 0.500. The Morgan fingerprint density at radius 1 is 1.15 bits per heavy atom. The molecule has 0 spiro atoms. The van der Waals surface area contributed by atoms with Crippen molar-refractivity contribution in [2.24, 2.45) is 5.92 Å². The van der Waals surface area contributed by atoms with Crippen molar-refractivity contribution in [3.63, 3.8) is 0 Å². The number of nitrogens with zero attached hydrogens (tertiary/aromatic N) is 2. The molecule has 1 fully saturated rings. The summed E-state index contributed by atoms with van der Waals surface area (Å²) in [6.45, 7) is 8.51. The monoisotopic (exact) mass is 472 g/mol. The highest BCUT2D eigenvalue weighted by molar-refractivity contribution is 5.96. The van der Waals surface area contributed by atoms with Crippen molar-refractivity contribution in [2.45, 2.75) is 65.0 Å². The van der Waals surface area contributed by atoms with E-state index >= 15 is 0 Å². The average molecular weight is 473 g/mol. The zero-order chi connectivity index (χ0) is 24.7. The Morgan fingerprint density at radius 3 is 2.41 bits per heavy atom. The molecule has 1 saturated heterocycles. The molecule has 0 aliphatic carbocycles. The minimum absolute atomic E-state index is 0.209. The summed E-state index contributed by atoms with van der Waals surface area (Å²) in [7, 11) is 0. The molecule has 3 rings (SSSR count). The van der Waals surface area contributed by atoms with Crippen LogP contribution in [0.25, 0.3) is 0 Å². The summed E-state index contributed by atoms with van der Waals surface area (Å²) in [5, 5.41) is 5.44. The summed E-state index contributed by atoms with van der Waals surface area (Å²) in [4.78, 5) is 32.1. The maximum Gasteiger partial charge on any atom is 0.248 e.